The topological polar surface area (TPSA) is 55.4 Å². The van der Waals surface area contributed by atoms with Crippen molar-refractivity contribution in [3.63, 3.8) is 0 Å². The van der Waals surface area contributed by atoms with Gasteiger partial charge in [-0.05, 0) is 46.8 Å². The van der Waals surface area contributed by atoms with E-state index in [0.717, 1.165) is 9.35 Å². The summed E-state index contributed by atoms with van der Waals surface area (Å²) in [5.74, 6) is -0.00349. The first-order valence-electron chi connectivity index (χ1n) is 5.21. The lowest BCUT2D eigenvalue weighted by Gasteiger charge is -2.08. The van der Waals surface area contributed by atoms with Crippen LogP contribution in [0.4, 0.5) is 0 Å². The van der Waals surface area contributed by atoms with Gasteiger partial charge in [-0.25, -0.2) is 13.1 Å². The summed E-state index contributed by atoms with van der Waals surface area (Å²) >= 11 is 4.87. The van der Waals surface area contributed by atoms with E-state index in [-0.39, 0.29) is 18.5 Å². The zero-order chi connectivity index (χ0) is 12.9. The molecule has 0 bridgehead atoms. The van der Waals surface area contributed by atoms with Crippen molar-refractivity contribution in [3.8, 4) is 0 Å². The van der Waals surface area contributed by atoms with E-state index in [4.69, 9.17) is 4.74 Å². The van der Waals surface area contributed by atoms with E-state index in [1.807, 2.05) is 25.3 Å². The third-order valence-electron chi connectivity index (χ3n) is 1.92. The highest BCUT2D eigenvalue weighted by Crippen LogP contribution is 2.20. The quantitative estimate of drug-likeness (QED) is 0.828. The highest BCUT2D eigenvalue weighted by Gasteiger charge is 2.10. The fraction of sp³-hybridized carbons (Fsp3) is 0.600. The molecule has 0 aliphatic heterocycles. The molecule has 17 heavy (non-hydrogen) atoms. The van der Waals surface area contributed by atoms with Crippen molar-refractivity contribution >= 4 is 37.3 Å². The number of nitrogens with one attached hydrogen (secondary N) is 1. The third kappa shape index (κ3) is 6.52. The van der Waals surface area contributed by atoms with Crippen molar-refractivity contribution in [2.75, 3.05) is 12.4 Å². The first kappa shape index (κ1) is 15.1. The van der Waals surface area contributed by atoms with Gasteiger partial charge in [0.2, 0.25) is 10.0 Å². The molecule has 1 aromatic heterocycles. The summed E-state index contributed by atoms with van der Waals surface area (Å²) in [7, 11) is -3.25. The Kier molecular flexibility index (Phi) is 6.08. The van der Waals surface area contributed by atoms with Gasteiger partial charge in [-0.3, -0.25) is 0 Å². The number of sulfonamides is 1. The molecular weight excluding hydrogens is 326 g/mol. The Morgan fingerprint density at radius 3 is 2.76 bits per heavy atom. The van der Waals surface area contributed by atoms with Gasteiger partial charge in [0.05, 0.1) is 22.3 Å². The average Bonchev–Trinajstić information content (AvgIpc) is 2.61. The number of ether oxygens (including phenoxy) is 1. The Morgan fingerprint density at radius 2 is 2.24 bits per heavy atom. The minimum Gasteiger partial charge on any atom is -0.378 e. The molecule has 0 fully saturated rings. The van der Waals surface area contributed by atoms with Crippen molar-refractivity contribution in [2.45, 2.75) is 26.5 Å². The molecule has 0 atom stereocenters. The standard InChI is InChI=1S/C10H16BrNO3S2/c1-8(2)15-3-4-17(13,14)12-6-9-5-10(11)16-7-9/h5,7-8,12H,3-4,6H2,1-2H3. The second kappa shape index (κ2) is 6.84. The van der Waals surface area contributed by atoms with Gasteiger partial charge in [0.25, 0.3) is 0 Å². The summed E-state index contributed by atoms with van der Waals surface area (Å²) in [5, 5.41) is 1.91. The number of thiophene rings is 1. The normalized spacial score (nSPS) is 12.2. The lowest BCUT2D eigenvalue weighted by molar-refractivity contribution is 0.0911. The van der Waals surface area contributed by atoms with Crippen LogP contribution in [0.2, 0.25) is 0 Å². The second-order valence-corrected chi connectivity index (χ2v) is 8.04. The van der Waals surface area contributed by atoms with Crippen LogP contribution < -0.4 is 4.72 Å². The Balaban J connectivity index is 2.34. The lowest BCUT2D eigenvalue weighted by atomic mass is 10.4. The zero-order valence-electron chi connectivity index (χ0n) is 9.77. The monoisotopic (exact) mass is 341 g/mol. The van der Waals surface area contributed by atoms with Crippen molar-refractivity contribution in [2.24, 2.45) is 0 Å². The maximum Gasteiger partial charge on any atom is 0.214 e. The fourth-order valence-corrected chi connectivity index (χ4v) is 3.15. The Labute approximate surface area is 115 Å². The number of hydrogen-bond acceptors (Lipinski definition) is 4. The van der Waals surface area contributed by atoms with Crippen LogP contribution in [0, 0.1) is 0 Å². The number of halogens is 1. The second-order valence-electron chi connectivity index (χ2n) is 3.82. The van der Waals surface area contributed by atoms with Gasteiger partial charge in [-0.2, -0.15) is 0 Å². The lowest BCUT2D eigenvalue weighted by Crippen LogP contribution is -2.28. The molecule has 1 heterocycles. The van der Waals surface area contributed by atoms with E-state index >= 15 is 0 Å². The predicted octanol–water partition coefficient (Wildman–Crippen LogP) is 2.36. The minimum atomic E-state index is -3.25. The molecule has 7 heteroatoms. The van der Waals surface area contributed by atoms with E-state index in [1.54, 1.807) is 0 Å². The van der Waals surface area contributed by atoms with Crippen LogP contribution in [0.25, 0.3) is 0 Å². The van der Waals surface area contributed by atoms with Crippen molar-refractivity contribution in [3.05, 3.63) is 20.8 Å². The molecule has 0 aliphatic rings. The molecule has 0 radical (unpaired) electrons. The van der Waals surface area contributed by atoms with Gasteiger partial charge in [0.1, 0.15) is 0 Å². The number of rotatable bonds is 7. The van der Waals surface area contributed by atoms with E-state index < -0.39 is 10.0 Å². The van der Waals surface area contributed by atoms with E-state index in [2.05, 4.69) is 20.7 Å². The molecule has 1 aromatic rings. The first-order chi connectivity index (χ1) is 7.89. The minimum absolute atomic E-state index is 0.00349. The maximum absolute atomic E-state index is 11.6. The molecule has 4 nitrogen and oxygen atoms in total. The highest BCUT2D eigenvalue weighted by molar-refractivity contribution is 9.11. The van der Waals surface area contributed by atoms with Crippen LogP contribution in [0.1, 0.15) is 19.4 Å². The summed E-state index contributed by atoms with van der Waals surface area (Å²) in [6.07, 6.45) is 0.0537. The SMILES string of the molecule is CC(C)OCCS(=O)(=O)NCc1csc(Br)c1. The first-order valence-corrected chi connectivity index (χ1v) is 8.53. The van der Waals surface area contributed by atoms with Crippen LogP contribution in [-0.4, -0.2) is 26.9 Å². The van der Waals surface area contributed by atoms with E-state index in [9.17, 15) is 8.42 Å². The van der Waals surface area contributed by atoms with Gasteiger partial charge in [0, 0.05) is 6.54 Å². The van der Waals surface area contributed by atoms with E-state index in [0.29, 0.717) is 6.54 Å². The molecule has 0 aliphatic carbocycles. The van der Waals surface area contributed by atoms with Crippen molar-refractivity contribution < 1.29 is 13.2 Å². The summed E-state index contributed by atoms with van der Waals surface area (Å²) < 4.78 is 31.9. The van der Waals surface area contributed by atoms with Crippen LogP contribution in [-0.2, 0) is 21.3 Å². The smallest absolute Gasteiger partial charge is 0.214 e. The molecule has 0 spiro atoms. The summed E-state index contributed by atoms with van der Waals surface area (Å²) in [6.45, 7) is 4.30. The molecule has 0 unspecified atom stereocenters. The Hall–Kier alpha value is 0.0500. The van der Waals surface area contributed by atoms with Crippen LogP contribution in [0.5, 0.6) is 0 Å². The number of hydrogen-bond donors (Lipinski definition) is 1. The molecule has 0 aromatic carbocycles. The molecular formula is C10H16BrNO3S2. The van der Waals surface area contributed by atoms with Gasteiger partial charge >= 0.3 is 0 Å². The summed E-state index contributed by atoms with van der Waals surface area (Å²) in [4.78, 5) is 0. The summed E-state index contributed by atoms with van der Waals surface area (Å²) in [6, 6.07) is 1.90. The maximum atomic E-state index is 11.6. The molecule has 0 saturated carbocycles. The Morgan fingerprint density at radius 1 is 1.53 bits per heavy atom. The van der Waals surface area contributed by atoms with Crippen molar-refractivity contribution in [1.29, 1.82) is 0 Å². The zero-order valence-corrected chi connectivity index (χ0v) is 13.0. The molecule has 98 valence electrons. The van der Waals surface area contributed by atoms with Gasteiger partial charge in [-0.1, -0.05) is 0 Å². The molecule has 0 saturated heterocycles. The largest absolute Gasteiger partial charge is 0.378 e. The predicted molar refractivity (Wildman–Crippen MR) is 73.7 cm³/mol. The molecule has 1 rings (SSSR count). The van der Waals surface area contributed by atoms with E-state index in [1.165, 1.54) is 11.3 Å². The van der Waals surface area contributed by atoms with Crippen molar-refractivity contribution in [1.82, 2.24) is 4.72 Å². The molecule has 1 N–H and O–H groups in total. The third-order valence-corrected chi connectivity index (χ3v) is 4.76. The highest BCUT2D eigenvalue weighted by atomic mass is 79.9. The fourth-order valence-electron chi connectivity index (χ4n) is 1.10. The van der Waals surface area contributed by atoms with Gasteiger partial charge in [0.15, 0.2) is 0 Å². The van der Waals surface area contributed by atoms with Gasteiger partial charge in [-0.15, -0.1) is 11.3 Å². The van der Waals surface area contributed by atoms with Gasteiger partial charge < -0.3 is 4.74 Å². The average molecular weight is 342 g/mol. The molecule has 0 amide bonds. The van der Waals surface area contributed by atoms with Crippen LogP contribution in [0.3, 0.4) is 0 Å². The Bertz CT molecular complexity index is 442. The summed E-state index contributed by atoms with van der Waals surface area (Å²) in [5.41, 5.74) is 0.954. The van der Waals surface area contributed by atoms with Crippen LogP contribution in [0.15, 0.2) is 15.2 Å². The van der Waals surface area contributed by atoms with Crippen LogP contribution >= 0.6 is 27.3 Å².